The van der Waals surface area contributed by atoms with Gasteiger partial charge in [-0.1, -0.05) is 27.7 Å². The van der Waals surface area contributed by atoms with Gasteiger partial charge >= 0.3 is 31.2 Å². The minimum Gasteiger partial charge on any atom is -0.547 e. The fourth-order valence-corrected chi connectivity index (χ4v) is 6.01. The van der Waals surface area contributed by atoms with Crippen LogP contribution in [0, 0.1) is 11.8 Å². The predicted octanol–water partition coefficient (Wildman–Crippen LogP) is -5.59. The van der Waals surface area contributed by atoms with Gasteiger partial charge in [0.2, 0.25) is 0 Å². The molecule has 0 saturated carbocycles. The summed E-state index contributed by atoms with van der Waals surface area (Å²) >= 11 is 0. The van der Waals surface area contributed by atoms with Gasteiger partial charge in [-0.2, -0.15) is 25.3 Å². The molecule has 0 aromatic rings. The number of hydrogen-bond donors (Lipinski definition) is 8. The van der Waals surface area contributed by atoms with E-state index in [0.29, 0.717) is 0 Å². The van der Waals surface area contributed by atoms with Crippen molar-refractivity contribution in [2.45, 2.75) is 128 Å². The first kappa shape index (κ1) is 61.2. The molecule has 0 spiro atoms. The number of aliphatic hydroxyl groups is 5. The summed E-state index contributed by atoms with van der Waals surface area (Å²) in [5.74, 6) is -3.32. The largest absolute Gasteiger partial charge is 0.547 e. The molecule has 3 heterocycles. The molecule has 3 aliphatic rings. The molecule has 0 radical (unpaired) electrons. The minimum atomic E-state index is -4.78. The number of aliphatic carboxylic acids is 2. The van der Waals surface area contributed by atoms with Gasteiger partial charge < -0.3 is 73.8 Å². The second-order valence-corrected chi connectivity index (χ2v) is 16.5. The molecule has 366 valence electrons. The number of methoxy groups -OCH3 is 2. The lowest BCUT2D eigenvalue weighted by Crippen LogP contribution is -2.60. The van der Waals surface area contributed by atoms with Crippen LogP contribution in [0.1, 0.15) is 48.5 Å². The molecule has 0 aromatic carbocycles. The van der Waals surface area contributed by atoms with E-state index in [0.717, 1.165) is 7.11 Å². The molecule has 0 bridgehead atoms. The van der Waals surface area contributed by atoms with Crippen LogP contribution in [0.2, 0.25) is 0 Å². The standard InChI is InChI=1S/C8H16O4.C7H12O9S.2C7H14O7S.C2H6/c1-5(2)12-7(8(9)10)6(3)11-4;1-14-5-4(8)3(16-17(11,12)13)2-15-6(5)7(9)10;2*1-4-2-13-5(7(9)6(4)8)3-14-15(10,11)12;1-2/h5-7H,1-4H3,(H,9,10);3-6,8H,2H2,1H3,(H,9,10)(H,11,12,13);2*4-9H,2-3H2,1H3,(H,10,11,12);1-2H3/p-2. The number of ether oxygens (including phenoxy) is 6. The van der Waals surface area contributed by atoms with E-state index in [1.165, 1.54) is 7.11 Å². The molecule has 0 aromatic heterocycles. The summed E-state index contributed by atoms with van der Waals surface area (Å²) in [6.07, 6.45) is -13.9. The number of carboxylic acids is 2. The maximum absolute atomic E-state index is 10.6. The first-order chi connectivity index (χ1) is 27.9. The number of aliphatic hydroxyl groups excluding tert-OH is 5. The predicted molar refractivity (Wildman–Crippen MR) is 198 cm³/mol. The van der Waals surface area contributed by atoms with Crippen LogP contribution >= 0.6 is 0 Å². The molecule has 27 nitrogen and oxygen atoms in total. The molecule has 14 atom stereocenters. The maximum Gasteiger partial charge on any atom is 0.397 e. The zero-order valence-corrected chi connectivity index (χ0v) is 37.2. The summed E-state index contributed by atoms with van der Waals surface area (Å²) < 4.78 is 129. The second-order valence-electron chi connectivity index (χ2n) is 13.3. The number of carbonyl (C=O) groups excluding carboxylic acids is 2. The number of carboxylic acid groups (broad SMARTS) is 2. The van der Waals surface area contributed by atoms with E-state index >= 15 is 0 Å². The van der Waals surface area contributed by atoms with Gasteiger partial charge in [-0.3, -0.25) is 13.7 Å². The van der Waals surface area contributed by atoms with Gasteiger partial charge in [-0.05, 0) is 20.8 Å². The minimum absolute atomic E-state index is 0.148. The lowest BCUT2D eigenvalue weighted by Gasteiger charge is -2.38. The van der Waals surface area contributed by atoms with Crippen LogP contribution in [0.4, 0.5) is 0 Å². The maximum atomic E-state index is 10.6. The van der Waals surface area contributed by atoms with Crippen LogP contribution in [-0.2, 0) is 81.8 Å². The van der Waals surface area contributed by atoms with Crippen molar-refractivity contribution in [2.24, 2.45) is 11.8 Å². The van der Waals surface area contributed by atoms with Crippen LogP contribution in [0.15, 0.2) is 0 Å². The van der Waals surface area contributed by atoms with Gasteiger partial charge in [0.15, 0.2) is 0 Å². The molecular weight excluding hydrogens is 901 g/mol. The second kappa shape index (κ2) is 28.8. The average molecular weight is 961 g/mol. The molecule has 14 unspecified atom stereocenters. The Morgan fingerprint density at radius 3 is 1.38 bits per heavy atom. The molecule has 0 aliphatic carbocycles. The molecule has 8 N–H and O–H groups in total. The molecule has 61 heavy (non-hydrogen) atoms. The Hall–Kier alpha value is -1.89. The zero-order chi connectivity index (χ0) is 48.2. The number of carbonyl (C=O) groups is 2. The molecule has 30 heteroatoms. The van der Waals surface area contributed by atoms with Gasteiger partial charge in [0, 0.05) is 26.1 Å². The fourth-order valence-electron chi connectivity index (χ4n) is 4.92. The highest BCUT2D eigenvalue weighted by Crippen LogP contribution is 2.23. The van der Waals surface area contributed by atoms with Crippen molar-refractivity contribution in [2.75, 3.05) is 47.3 Å². The van der Waals surface area contributed by atoms with E-state index in [4.69, 9.17) is 37.3 Å². The van der Waals surface area contributed by atoms with Crippen LogP contribution in [0.3, 0.4) is 0 Å². The van der Waals surface area contributed by atoms with Crippen molar-refractivity contribution < 1.29 is 125 Å². The van der Waals surface area contributed by atoms with Crippen LogP contribution in [0.25, 0.3) is 0 Å². The lowest BCUT2D eigenvalue weighted by atomic mass is 9.94. The Morgan fingerprint density at radius 1 is 0.672 bits per heavy atom. The molecule has 3 rings (SSSR count). The summed E-state index contributed by atoms with van der Waals surface area (Å²) in [7, 11) is -11.4. The van der Waals surface area contributed by atoms with E-state index < -0.39 is 136 Å². The van der Waals surface area contributed by atoms with E-state index in [2.05, 4.69) is 17.3 Å². The third kappa shape index (κ3) is 24.7. The zero-order valence-electron chi connectivity index (χ0n) is 34.8. The third-order valence-electron chi connectivity index (χ3n) is 8.19. The topological polar surface area (TPSA) is 428 Å². The smallest absolute Gasteiger partial charge is 0.397 e. The highest BCUT2D eigenvalue weighted by molar-refractivity contribution is 7.81. The lowest BCUT2D eigenvalue weighted by molar-refractivity contribution is -0.328. The van der Waals surface area contributed by atoms with Gasteiger partial charge in [-0.25, -0.2) is 12.5 Å². The highest BCUT2D eigenvalue weighted by Gasteiger charge is 2.43. The summed E-state index contributed by atoms with van der Waals surface area (Å²) in [6.45, 7) is 11.3. The molecule has 3 fully saturated rings. The van der Waals surface area contributed by atoms with Crippen molar-refractivity contribution in [3.8, 4) is 0 Å². The Labute approximate surface area is 354 Å². The van der Waals surface area contributed by atoms with Gasteiger partial charge in [0.05, 0.1) is 69.4 Å². The molecular formula is C31H60O27S3-2. The van der Waals surface area contributed by atoms with E-state index in [1.54, 1.807) is 34.6 Å². The Morgan fingerprint density at radius 2 is 1.08 bits per heavy atom. The first-order valence-corrected chi connectivity index (χ1v) is 22.2. The average Bonchev–Trinajstić information content (AvgIpc) is 3.15. The normalized spacial score (nSPS) is 31.5. The van der Waals surface area contributed by atoms with Gasteiger partial charge in [0.1, 0.15) is 54.9 Å². The van der Waals surface area contributed by atoms with Crippen LogP contribution in [0.5, 0.6) is 0 Å². The van der Waals surface area contributed by atoms with E-state index in [-0.39, 0.29) is 31.2 Å². The monoisotopic (exact) mass is 960 g/mol. The van der Waals surface area contributed by atoms with Crippen LogP contribution in [-0.4, -0.2) is 203 Å². The Balaban J connectivity index is 0. The number of rotatable bonds is 15. The fraction of sp³-hybridized carbons (Fsp3) is 0.935. The van der Waals surface area contributed by atoms with Crippen molar-refractivity contribution in [3.05, 3.63) is 0 Å². The van der Waals surface area contributed by atoms with Crippen LogP contribution < -0.4 is 10.2 Å². The van der Waals surface area contributed by atoms with Gasteiger partial charge in [0.25, 0.3) is 0 Å². The molecule has 3 saturated heterocycles. The van der Waals surface area contributed by atoms with Gasteiger partial charge in [-0.15, -0.1) is 0 Å². The SMILES string of the molecule is CC.CC1COC(COS(=O)(=O)O)C(O)C1O.CC1COC(COS(=O)(=O)O)C(O)C1O.COC(C)C(OC(C)C)C(=O)[O-].COC1C(C(=O)[O-])OCC(OS(=O)(=O)O)C1O. The molecule has 0 amide bonds. The van der Waals surface area contributed by atoms with E-state index in [1.807, 2.05) is 13.8 Å². The summed E-state index contributed by atoms with van der Waals surface area (Å²) in [4.78, 5) is 21.1. The van der Waals surface area contributed by atoms with Crippen molar-refractivity contribution >= 4 is 43.1 Å². The quantitative estimate of drug-likeness (QED) is 0.0709. The Kier molecular flexibility index (Phi) is 28.9. The summed E-state index contributed by atoms with van der Waals surface area (Å²) in [5, 5.41) is 68.6. The summed E-state index contributed by atoms with van der Waals surface area (Å²) in [6, 6.07) is 0. The van der Waals surface area contributed by atoms with Crippen molar-refractivity contribution in [1.29, 1.82) is 0 Å². The third-order valence-corrected chi connectivity index (χ3v) is 9.55. The van der Waals surface area contributed by atoms with Crippen molar-refractivity contribution in [1.82, 2.24) is 0 Å². The molecule has 3 aliphatic heterocycles. The van der Waals surface area contributed by atoms with E-state index in [9.17, 15) is 70.6 Å². The summed E-state index contributed by atoms with van der Waals surface area (Å²) in [5.41, 5.74) is 0. The van der Waals surface area contributed by atoms with Crippen molar-refractivity contribution in [3.63, 3.8) is 0 Å². The first-order valence-electron chi connectivity index (χ1n) is 18.1. The Bertz CT molecular complexity index is 1520. The highest BCUT2D eigenvalue weighted by atomic mass is 32.3. The number of hydrogen-bond acceptors (Lipinski definition) is 24.